The Morgan fingerprint density at radius 3 is 2.74 bits per heavy atom. The van der Waals surface area contributed by atoms with Crippen LogP contribution in [-0.4, -0.2) is 29.0 Å². The Morgan fingerprint density at radius 2 is 2.04 bits per heavy atom. The Kier molecular flexibility index (Phi) is 3.73. The smallest absolute Gasteiger partial charge is 0.333 e. The van der Waals surface area contributed by atoms with E-state index in [4.69, 9.17) is 4.74 Å². The minimum Gasteiger partial charge on any atom is -0.508 e. The summed E-state index contributed by atoms with van der Waals surface area (Å²) in [5.74, 6) is -1.99. The van der Waals surface area contributed by atoms with Crippen molar-refractivity contribution >= 4 is 11.9 Å². The van der Waals surface area contributed by atoms with Gasteiger partial charge in [-0.25, -0.2) is 9.18 Å². The molecule has 1 heterocycles. The molecule has 3 rings (SSSR count). The second-order valence-corrected chi connectivity index (χ2v) is 5.22. The van der Waals surface area contributed by atoms with Gasteiger partial charge in [-0.3, -0.25) is 4.79 Å². The second-order valence-electron chi connectivity index (χ2n) is 5.22. The monoisotopic (exact) mass is 315 g/mol. The fraction of sp³-hybridized carbons (Fsp3) is 0.176. The number of hydrogen-bond donors (Lipinski definition) is 1. The average Bonchev–Trinajstić information content (AvgIpc) is 2.88. The van der Waals surface area contributed by atoms with Gasteiger partial charge in [0.1, 0.15) is 11.6 Å². The molecule has 0 spiro atoms. The molecule has 6 heteroatoms. The van der Waals surface area contributed by atoms with Gasteiger partial charge >= 0.3 is 5.97 Å². The molecule has 1 amide bonds. The summed E-state index contributed by atoms with van der Waals surface area (Å²) in [6.07, 6.45) is 0. The van der Waals surface area contributed by atoms with Crippen molar-refractivity contribution in [3.05, 3.63) is 65.0 Å². The molecule has 23 heavy (non-hydrogen) atoms. The molecule has 0 saturated heterocycles. The van der Waals surface area contributed by atoms with Crippen LogP contribution < -0.4 is 0 Å². The first-order valence-corrected chi connectivity index (χ1v) is 6.98. The number of rotatable bonds is 3. The van der Waals surface area contributed by atoms with Crippen LogP contribution in [0.5, 0.6) is 5.75 Å². The quantitative estimate of drug-likeness (QED) is 0.883. The van der Waals surface area contributed by atoms with Gasteiger partial charge in [0.2, 0.25) is 0 Å². The van der Waals surface area contributed by atoms with Crippen molar-refractivity contribution in [1.29, 1.82) is 0 Å². The SMILES string of the molecule is COC(=O)C(c1cc(F)ccc1O)N1Cc2ccccc2C1=O. The van der Waals surface area contributed by atoms with E-state index in [0.717, 1.165) is 23.8 Å². The first-order valence-electron chi connectivity index (χ1n) is 6.98. The lowest BCUT2D eigenvalue weighted by atomic mass is 10.0. The molecular formula is C17H14FNO4. The van der Waals surface area contributed by atoms with E-state index in [1.54, 1.807) is 24.3 Å². The van der Waals surface area contributed by atoms with E-state index in [-0.39, 0.29) is 23.8 Å². The van der Waals surface area contributed by atoms with E-state index in [1.807, 2.05) is 0 Å². The number of amides is 1. The minimum atomic E-state index is -1.21. The van der Waals surface area contributed by atoms with Crippen molar-refractivity contribution in [2.24, 2.45) is 0 Å². The molecule has 1 atom stereocenters. The Balaban J connectivity index is 2.07. The lowest BCUT2D eigenvalue weighted by Crippen LogP contribution is -2.35. The molecule has 2 aromatic rings. The molecule has 1 unspecified atom stereocenters. The Labute approximate surface area is 131 Å². The zero-order valence-corrected chi connectivity index (χ0v) is 12.3. The molecule has 0 saturated carbocycles. The number of phenols is 1. The van der Waals surface area contributed by atoms with Gasteiger partial charge in [-0.2, -0.15) is 0 Å². The molecule has 0 bridgehead atoms. The second kappa shape index (κ2) is 5.72. The molecular weight excluding hydrogens is 301 g/mol. The molecule has 0 aromatic heterocycles. The van der Waals surface area contributed by atoms with Crippen LogP contribution in [0.2, 0.25) is 0 Å². The zero-order chi connectivity index (χ0) is 16.6. The maximum Gasteiger partial charge on any atom is 0.333 e. The number of esters is 1. The lowest BCUT2D eigenvalue weighted by molar-refractivity contribution is -0.146. The van der Waals surface area contributed by atoms with E-state index in [0.29, 0.717) is 5.56 Å². The van der Waals surface area contributed by atoms with Crippen LogP contribution in [0.3, 0.4) is 0 Å². The van der Waals surface area contributed by atoms with E-state index in [9.17, 15) is 19.1 Å². The summed E-state index contributed by atoms with van der Waals surface area (Å²) in [4.78, 5) is 26.0. The number of fused-ring (bicyclic) bond motifs is 1. The molecule has 0 radical (unpaired) electrons. The number of ether oxygens (including phenoxy) is 1. The number of phenolic OH excluding ortho intramolecular Hbond substituents is 1. The molecule has 118 valence electrons. The third-order valence-electron chi connectivity index (χ3n) is 3.87. The summed E-state index contributed by atoms with van der Waals surface area (Å²) in [7, 11) is 1.18. The van der Waals surface area contributed by atoms with E-state index >= 15 is 0 Å². The maximum absolute atomic E-state index is 13.6. The summed E-state index contributed by atoms with van der Waals surface area (Å²) in [6, 6.07) is 9.02. The predicted octanol–water partition coefficient (Wildman–Crippen LogP) is 2.40. The van der Waals surface area contributed by atoms with Crippen molar-refractivity contribution in [2.75, 3.05) is 7.11 Å². The predicted molar refractivity (Wildman–Crippen MR) is 79.1 cm³/mol. The first kappa shape index (κ1) is 15.0. The summed E-state index contributed by atoms with van der Waals surface area (Å²) in [6.45, 7) is 0.185. The van der Waals surface area contributed by atoms with Crippen molar-refractivity contribution in [3.63, 3.8) is 0 Å². The van der Waals surface area contributed by atoms with Gasteiger partial charge in [0.25, 0.3) is 5.91 Å². The number of carbonyl (C=O) groups is 2. The number of methoxy groups -OCH3 is 1. The van der Waals surface area contributed by atoms with Gasteiger partial charge in [0.05, 0.1) is 7.11 Å². The van der Waals surface area contributed by atoms with Crippen molar-refractivity contribution in [2.45, 2.75) is 12.6 Å². The number of aromatic hydroxyl groups is 1. The Morgan fingerprint density at radius 1 is 1.30 bits per heavy atom. The van der Waals surface area contributed by atoms with Gasteiger partial charge in [0, 0.05) is 17.7 Å². The van der Waals surface area contributed by atoms with E-state index in [1.165, 1.54) is 12.0 Å². The van der Waals surface area contributed by atoms with Crippen LogP contribution in [0.4, 0.5) is 4.39 Å². The van der Waals surface area contributed by atoms with Crippen LogP contribution in [0.1, 0.15) is 27.5 Å². The first-order chi connectivity index (χ1) is 11.0. The molecule has 0 aliphatic carbocycles. The van der Waals surface area contributed by atoms with Crippen LogP contribution in [0.25, 0.3) is 0 Å². The molecule has 0 fully saturated rings. The highest BCUT2D eigenvalue weighted by Crippen LogP contribution is 2.36. The fourth-order valence-electron chi connectivity index (χ4n) is 2.76. The van der Waals surface area contributed by atoms with Gasteiger partial charge in [-0.1, -0.05) is 18.2 Å². The molecule has 1 N–H and O–H groups in total. The highest BCUT2D eigenvalue weighted by atomic mass is 19.1. The third-order valence-corrected chi connectivity index (χ3v) is 3.87. The van der Waals surface area contributed by atoms with Crippen molar-refractivity contribution < 1.29 is 23.8 Å². The molecule has 2 aromatic carbocycles. The lowest BCUT2D eigenvalue weighted by Gasteiger charge is -2.26. The van der Waals surface area contributed by atoms with Gasteiger partial charge in [-0.15, -0.1) is 0 Å². The highest BCUT2D eigenvalue weighted by molar-refractivity contribution is 6.00. The summed E-state index contributed by atoms with van der Waals surface area (Å²) in [5.41, 5.74) is 1.25. The van der Waals surface area contributed by atoms with Crippen LogP contribution in [0, 0.1) is 5.82 Å². The highest BCUT2D eigenvalue weighted by Gasteiger charge is 2.39. The summed E-state index contributed by atoms with van der Waals surface area (Å²) < 4.78 is 18.3. The van der Waals surface area contributed by atoms with Gasteiger partial charge in [0.15, 0.2) is 6.04 Å². The molecule has 1 aliphatic heterocycles. The van der Waals surface area contributed by atoms with Crippen LogP contribution in [0.15, 0.2) is 42.5 Å². The topological polar surface area (TPSA) is 66.8 Å². The summed E-state index contributed by atoms with van der Waals surface area (Å²) in [5, 5.41) is 10.0. The normalized spacial score (nSPS) is 14.5. The maximum atomic E-state index is 13.6. The van der Waals surface area contributed by atoms with Crippen LogP contribution in [-0.2, 0) is 16.1 Å². The number of hydrogen-bond acceptors (Lipinski definition) is 4. The van der Waals surface area contributed by atoms with Crippen LogP contribution >= 0.6 is 0 Å². The average molecular weight is 315 g/mol. The largest absolute Gasteiger partial charge is 0.508 e. The number of benzene rings is 2. The zero-order valence-electron chi connectivity index (χ0n) is 12.3. The standard InChI is InChI=1S/C17H14FNO4/c1-23-17(22)15(13-8-11(18)6-7-14(13)20)19-9-10-4-2-3-5-12(10)16(19)21/h2-8,15,20H,9H2,1H3. The van der Waals surface area contributed by atoms with E-state index in [2.05, 4.69) is 0 Å². The minimum absolute atomic E-state index is 0.00185. The molecule has 5 nitrogen and oxygen atoms in total. The number of halogens is 1. The number of carbonyl (C=O) groups excluding carboxylic acids is 2. The molecule has 1 aliphatic rings. The fourth-order valence-corrected chi connectivity index (χ4v) is 2.76. The third kappa shape index (κ3) is 2.52. The van der Waals surface area contributed by atoms with Gasteiger partial charge < -0.3 is 14.7 Å². The van der Waals surface area contributed by atoms with Crippen molar-refractivity contribution in [3.8, 4) is 5.75 Å². The number of nitrogens with zero attached hydrogens (tertiary/aromatic N) is 1. The summed E-state index contributed by atoms with van der Waals surface area (Å²) >= 11 is 0. The Hall–Kier alpha value is -2.89. The van der Waals surface area contributed by atoms with Crippen molar-refractivity contribution in [1.82, 2.24) is 4.90 Å². The van der Waals surface area contributed by atoms with E-state index < -0.39 is 17.8 Å². The van der Waals surface area contributed by atoms with Gasteiger partial charge in [-0.05, 0) is 29.8 Å². The Bertz CT molecular complexity index is 790.